The van der Waals surface area contributed by atoms with Crippen LogP contribution in [-0.4, -0.2) is 18.2 Å². The maximum atomic E-state index is 11.7. The van der Waals surface area contributed by atoms with Crippen molar-refractivity contribution < 1.29 is 9.53 Å². The molecule has 4 nitrogen and oxygen atoms in total. The third-order valence-corrected chi connectivity index (χ3v) is 3.30. The monoisotopic (exact) mass is 336 g/mol. The van der Waals surface area contributed by atoms with Crippen LogP contribution in [0.4, 0.5) is 0 Å². The van der Waals surface area contributed by atoms with E-state index in [4.69, 9.17) is 27.9 Å². The van der Waals surface area contributed by atoms with Crippen molar-refractivity contribution >= 4 is 34.8 Å². The molecule has 0 unspecified atom stereocenters. The van der Waals surface area contributed by atoms with Gasteiger partial charge in [0.1, 0.15) is 5.75 Å². The number of hydrazone groups is 1. The average molecular weight is 337 g/mol. The molecule has 0 bridgehead atoms. The van der Waals surface area contributed by atoms with Gasteiger partial charge in [-0.3, -0.25) is 4.79 Å². The van der Waals surface area contributed by atoms with E-state index in [1.807, 2.05) is 12.1 Å². The first-order chi connectivity index (χ1) is 10.5. The third kappa shape index (κ3) is 5.06. The smallest absolute Gasteiger partial charge is 0.277 e. The molecule has 0 saturated heterocycles. The summed E-state index contributed by atoms with van der Waals surface area (Å²) in [6.45, 7) is 1.67. The van der Waals surface area contributed by atoms with E-state index in [-0.39, 0.29) is 12.5 Å². The molecule has 2 rings (SSSR count). The van der Waals surface area contributed by atoms with Gasteiger partial charge in [-0.05, 0) is 48.9 Å². The van der Waals surface area contributed by atoms with Gasteiger partial charge in [0.15, 0.2) is 6.61 Å². The Kier molecular flexibility index (Phi) is 5.81. The summed E-state index contributed by atoms with van der Waals surface area (Å²) in [6.07, 6.45) is 0. The predicted octanol–water partition coefficient (Wildman–Crippen LogP) is 3.91. The average Bonchev–Trinajstić information content (AvgIpc) is 2.52. The van der Waals surface area contributed by atoms with E-state index in [1.165, 1.54) is 0 Å². The molecule has 0 atom stereocenters. The Balaban J connectivity index is 1.85. The zero-order valence-corrected chi connectivity index (χ0v) is 13.4. The molecule has 2 aromatic carbocycles. The van der Waals surface area contributed by atoms with Gasteiger partial charge in [-0.25, -0.2) is 5.43 Å². The fourth-order valence-electron chi connectivity index (χ4n) is 1.61. The second kappa shape index (κ2) is 7.82. The van der Waals surface area contributed by atoms with Crippen LogP contribution in [-0.2, 0) is 4.79 Å². The molecule has 0 aromatic heterocycles. The van der Waals surface area contributed by atoms with E-state index in [1.54, 1.807) is 43.3 Å². The number of carbonyl (C=O) groups excluding carboxylic acids is 1. The highest BCUT2D eigenvalue weighted by molar-refractivity contribution is 6.30. The standard InChI is InChI=1S/C16H14Cl2N2O2/c1-11(12-2-4-13(17)5-3-12)19-20-16(21)10-22-15-8-6-14(18)7-9-15/h2-9H,10H2,1H3,(H,20,21)/b19-11+. The normalized spacial score (nSPS) is 11.1. The van der Waals surface area contributed by atoms with Gasteiger partial charge in [-0.2, -0.15) is 5.10 Å². The molecule has 0 spiro atoms. The first-order valence-corrected chi connectivity index (χ1v) is 7.27. The Morgan fingerprint density at radius 2 is 1.59 bits per heavy atom. The highest BCUT2D eigenvalue weighted by Gasteiger charge is 2.03. The van der Waals surface area contributed by atoms with E-state index >= 15 is 0 Å². The molecule has 0 heterocycles. The number of nitrogens with zero attached hydrogens (tertiary/aromatic N) is 1. The van der Waals surface area contributed by atoms with Crippen molar-refractivity contribution in [1.29, 1.82) is 0 Å². The molecule has 2 aromatic rings. The highest BCUT2D eigenvalue weighted by Crippen LogP contribution is 2.15. The van der Waals surface area contributed by atoms with Gasteiger partial charge in [0.05, 0.1) is 5.71 Å². The number of hydrogen-bond donors (Lipinski definition) is 1. The molecule has 0 aliphatic carbocycles. The lowest BCUT2D eigenvalue weighted by Crippen LogP contribution is -2.25. The summed E-state index contributed by atoms with van der Waals surface area (Å²) < 4.78 is 5.32. The SMILES string of the molecule is C/C(=N\NC(=O)COc1ccc(Cl)cc1)c1ccc(Cl)cc1. The van der Waals surface area contributed by atoms with E-state index in [0.29, 0.717) is 21.5 Å². The van der Waals surface area contributed by atoms with E-state index in [9.17, 15) is 4.79 Å². The summed E-state index contributed by atoms with van der Waals surface area (Å²) in [5, 5.41) is 5.28. The maximum Gasteiger partial charge on any atom is 0.277 e. The van der Waals surface area contributed by atoms with Crippen LogP contribution in [0, 0.1) is 0 Å². The number of benzene rings is 2. The molecule has 0 aliphatic rings. The van der Waals surface area contributed by atoms with E-state index in [0.717, 1.165) is 5.56 Å². The van der Waals surface area contributed by atoms with Crippen molar-refractivity contribution in [3.63, 3.8) is 0 Å². The zero-order valence-electron chi connectivity index (χ0n) is 11.8. The Morgan fingerprint density at radius 3 is 2.18 bits per heavy atom. The summed E-state index contributed by atoms with van der Waals surface area (Å²) in [5.41, 5.74) is 4.00. The van der Waals surface area contributed by atoms with Gasteiger partial charge in [-0.15, -0.1) is 0 Å². The number of hydrogen-bond acceptors (Lipinski definition) is 3. The molecule has 0 aliphatic heterocycles. The first-order valence-electron chi connectivity index (χ1n) is 6.52. The van der Waals surface area contributed by atoms with Crippen molar-refractivity contribution in [2.24, 2.45) is 5.10 Å². The fourth-order valence-corrected chi connectivity index (χ4v) is 1.87. The molecule has 114 valence electrons. The van der Waals surface area contributed by atoms with Gasteiger partial charge < -0.3 is 4.74 Å². The minimum Gasteiger partial charge on any atom is -0.484 e. The summed E-state index contributed by atoms with van der Waals surface area (Å²) in [5.74, 6) is 0.223. The van der Waals surface area contributed by atoms with Gasteiger partial charge in [-0.1, -0.05) is 35.3 Å². The minimum absolute atomic E-state index is 0.126. The molecule has 0 radical (unpaired) electrons. The van der Waals surface area contributed by atoms with E-state index < -0.39 is 0 Å². The van der Waals surface area contributed by atoms with Gasteiger partial charge in [0.25, 0.3) is 5.91 Å². The molecule has 1 N–H and O–H groups in total. The number of ether oxygens (including phenoxy) is 1. The van der Waals surface area contributed by atoms with Crippen molar-refractivity contribution in [2.45, 2.75) is 6.92 Å². The topological polar surface area (TPSA) is 50.7 Å². The molecule has 22 heavy (non-hydrogen) atoms. The van der Waals surface area contributed by atoms with Crippen LogP contribution in [0.1, 0.15) is 12.5 Å². The summed E-state index contributed by atoms with van der Waals surface area (Å²) in [7, 11) is 0. The Hall–Kier alpha value is -2.04. The zero-order chi connectivity index (χ0) is 15.9. The predicted molar refractivity (Wildman–Crippen MR) is 88.8 cm³/mol. The lowest BCUT2D eigenvalue weighted by Gasteiger charge is -2.06. The molecule has 0 saturated carbocycles. The van der Waals surface area contributed by atoms with Gasteiger partial charge in [0, 0.05) is 10.0 Å². The second-order valence-electron chi connectivity index (χ2n) is 4.48. The van der Waals surface area contributed by atoms with Crippen LogP contribution in [0.15, 0.2) is 53.6 Å². The van der Waals surface area contributed by atoms with Crippen LogP contribution >= 0.6 is 23.2 Å². The van der Waals surface area contributed by atoms with Crippen molar-refractivity contribution in [2.75, 3.05) is 6.61 Å². The second-order valence-corrected chi connectivity index (χ2v) is 5.35. The lowest BCUT2D eigenvalue weighted by molar-refractivity contribution is -0.123. The molecule has 6 heteroatoms. The number of amides is 1. The Morgan fingerprint density at radius 1 is 1.05 bits per heavy atom. The molecular weight excluding hydrogens is 323 g/mol. The summed E-state index contributed by atoms with van der Waals surface area (Å²) in [6, 6.07) is 14.0. The molecule has 0 fully saturated rings. The highest BCUT2D eigenvalue weighted by atomic mass is 35.5. The third-order valence-electron chi connectivity index (χ3n) is 2.79. The largest absolute Gasteiger partial charge is 0.484 e. The van der Waals surface area contributed by atoms with Crippen LogP contribution in [0.3, 0.4) is 0 Å². The van der Waals surface area contributed by atoms with Crippen molar-refractivity contribution in [3.8, 4) is 5.75 Å². The Bertz CT molecular complexity index is 668. The molecule has 1 amide bonds. The van der Waals surface area contributed by atoms with E-state index in [2.05, 4.69) is 10.5 Å². The van der Waals surface area contributed by atoms with Crippen LogP contribution < -0.4 is 10.2 Å². The summed E-state index contributed by atoms with van der Waals surface area (Å²) >= 11 is 11.6. The van der Waals surface area contributed by atoms with Crippen LogP contribution in [0.2, 0.25) is 10.0 Å². The molecular formula is C16H14Cl2N2O2. The Labute approximate surface area is 138 Å². The van der Waals surface area contributed by atoms with Crippen LogP contribution in [0.5, 0.6) is 5.75 Å². The van der Waals surface area contributed by atoms with Crippen LogP contribution in [0.25, 0.3) is 0 Å². The first kappa shape index (κ1) is 16.3. The number of rotatable bonds is 5. The fraction of sp³-hybridized carbons (Fsp3) is 0.125. The number of halogens is 2. The number of carbonyl (C=O) groups is 1. The quantitative estimate of drug-likeness (QED) is 0.664. The maximum absolute atomic E-state index is 11.7. The number of nitrogens with one attached hydrogen (secondary N) is 1. The van der Waals surface area contributed by atoms with Crippen molar-refractivity contribution in [1.82, 2.24) is 5.43 Å². The van der Waals surface area contributed by atoms with Gasteiger partial charge in [0.2, 0.25) is 0 Å². The summed E-state index contributed by atoms with van der Waals surface area (Å²) in [4.78, 5) is 11.7. The van der Waals surface area contributed by atoms with Gasteiger partial charge >= 0.3 is 0 Å². The van der Waals surface area contributed by atoms with Crippen molar-refractivity contribution in [3.05, 3.63) is 64.1 Å². The lowest BCUT2D eigenvalue weighted by atomic mass is 10.1. The minimum atomic E-state index is -0.344.